The van der Waals surface area contributed by atoms with Gasteiger partial charge in [0.2, 0.25) is 0 Å². The Balaban J connectivity index is 2.12. The van der Waals surface area contributed by atoms with Crippen LogP contribution >= 0.6 is 0 Å². The number of nitrogens with zero attached hydrogens (tertiary/aromatic N) is 3. The van der Waals surface area contributed by atoms with Crippen molar-refractivity contribution >= 4 is 21.8 Å². The largest absolute Gasteiger partial charge is 0.288 e. The Morgan fingerprint density at radius 1 is 1.05 bits per heavy atom. The number of pyridine rings is 2. The lowest BCUT2D eigenvalue weighted by atomic mass is 10.1. The molecule has 3 heterocycles. The normalized spacial score (nSPS) is 11.4. The number of nitrogens with one attached hydrogen (secondary N) is 1. The molecular weight excluding hydrogens is 290 g/mol. The molecule has 3 aromatic heterocycles. The highest BCUT2D eigenvalue weighted by Crippen LogP contribution is 2.23. The number of aromatic nitrogens is 4. The highest BCUT2D eigenvalue weighted by Gasteiger charge is 2.14. The molecule has 0 bridgehead atoms. The summed E-state index contributed by atoms with van der Waals surface area (Å²) in [6.07, 6.45) is 2.89. The van der Waals surface area contributed by atoms with E-state index in [0.717, 1.165) is 12.1 Å². The molecule has 1 aromatic carbocycles. The highest BCUT2D eigenvalue weighted by atomic mass is 19.2. The smallest absolute Gasteiger partial charge is 0.282 e. The van der Waals surface area contributed by atoms with Crippen molar-refractivity contribution in [3.63, 3.8) is 0 Å². The van der Waals surface area contributed by atoms with Gasteiger partial charge in [-0.2, -0.15) is 0 Å². The summed E-state index contributed by atoms with van der Waals surface area (Å²) < 4.78 is 28.0. The maximum absolute atomic E-state index is 13.5. The molecule has 0 radical (unpaired) electrons. The van der Waals surface area contributed by atoms with Crippen LogP contribution in [0, 0.1) is 11.6 Å². The number of rotatable bonds is 1. The summed E-state index contributed by atoms with van der Waals surface area (Å²) in [7, 11) is 0. The van der Waals surface area contributed by atoms with Gasteiger partial charge in [0.15, 0.2) is 17.5 Å². The molecule has 4 rings (SSSR count). The molecule has 0 unspecified atom stereocenters. The third kappa shape index (κ3) is 1.72. The molecule has 0 aliphatic rings. The van der Waals surface area contributed by atoms with Crippen LogP contribution in [0.5, 0.6) is 0 Å². The SMILES string of the molecule is O=c1c2cnc3cc(F)c(F)cc3c2[nH]n1-c1ccccn1. The Hall–Kier alpha value is -3.09. The van der Waals surface area contributed by atoms with E-state index in [9.17, 15) is 13.6 Å². The van der Waals surface area contributed by atoms with Crippen molar-refractivity contribution in [1.82, 2.24) is 19.7 Å². The van der Waals surface area contributed by atoms with Gasteiger partial charge in [-0.25, -0.2) is 18.4 Å². The first kappa shape index (κ1) is 12.6. The first-order valence-electron chi connectivity index (χ1n) is 6.45. The fourth-order valence-corrected chi connectivity index (χ4v) is 2.40. The number of H-pyrrole nitrogens is 1. The second-order valence-electron chi connectivity index (χ2n) is 4.77. The average Bonchev–Trinajstić information content (AvgIpc) is 2.87. The van der Waals surface area contributed by atoms with Gasteiger partial charge in [-0.1, -0.05) is 6.07 Å². The van der Waals surface area contributed by atoms with E-state index in [1.807, 2.05) is 0 Å². The van der Waals surface area contributed by atoms with E-state index in [0.29, 0.717) is 16.7 Å². The minimum absolute atomic E-state index is 0.265. The van der Waals surface area contributed by atoms with E-state index < -0.39 is 11.6 Å². The quantitative estimate of drug-likeness (QED) is 0.587. The van der Waals surface area contributed by atoms with E-state index in [1.165, 1.54) is 10.9 Å². The first-order valence-corrected chi connectivity index (χ1v) is 6.45. The van der Waals surface area contributed by atoms with Crippen molar-refractivity contribution < 1.29 is 8.78 Å². The van der Waals surface area contributed by atoms with E-state index in [4.69, 9.17) is 0 Å². The highest BCUT2D eigenvalue weighted by molar-refractivity contribution is 6.02. The van der Waals surface area contributed by atoms with Crippen molar-refractivity contribution in [2.24, 2.45) is 0 Å². The molecule has 0 aliphatic heterocycles. The summed E-state index contributed by atoms with van der Waals surface area (Å²) in [4.78, 5) is 20.5. The lowest BCUT2D eigenvalue weighted by Gasteiger charge is -2.00. The summed E-state index contributed by atoms with van der Waals surface area (Å²) >= 11 is 0. The van der Waals surface area contributed by atoms with Gasteiger partial charge in [0.05, 0.1) is 16.4 Å². The Morgan fingerprint density at radius 2 is 1.86 bits per heavy atom. The molecule has 0 amide bonds. The van der Waals surface area contributed by atoms with Gasteiger partial charge < -0.3 is 0 Å². The van der Waals surface area contributed by atoms with Crippen molar-refractivity contribution in [3.05, 3.63) is 64.7 Å². The standard InChI is InChI=1S/C15H8F2N4O/c16-10-5-8-12(6-11(10)17)19-7-9-14(8)20-21(15(9)22)13-3-1-2-4-18-13/h1-7,20H. The number of fused-ring (bicyclic) bond motifs is 3. The first-order chi connectivity index (χ1) is 10.6. The van der Waals surface area contributed by atoms with Gasteiger partial charge >= 0.3 is 0 Å². The minimum Gasteiger partial charge on any atom is -0.288 e. The molecule has 0 atom stereocenters. The lowest BCUT2D eigenvalue weighted by molar-refractivity contribution is 0.511. The topological polar surface area (TPSA) is 63.6 Å². The predicted molar refractivity (Wildman–Crippen MR) is 76.9 cm³/mol. The monoisotopic (exact) mass is 298 g/mol. The van der Waals surface area contributed by atoms with E-state index >= 15 is 0 Å². The molecule has 5 nitrogen and oxygen atoms in total. The third-order valence-electron chi connectivity index (χ3n) is 3.45. The zero-order valence-electron chi connectivity index (χ0n) is 11.0. The molecule has 1 N–H and O–H groups in total. The number of aromatic amines is 1. The minimum atomic E-state index is -0.992. The van der Waals surface area contributed by atoms with Crippen molar-refractivity contribution in [1.29, 1.82) is 0 Å². The number of hydrogen-bond acceptors (Lipinski definition) is 3. The second kappa shape index (κ2) is 4.45. The van der Waals surface area contributed by atoms with E-state index in [1.54, 1.807) is 24.4 Å². The van der Waals surface area contributed by atoms with Crippen LogP contribution in [-0.2, 0) is 0 Å². The second-order valence-corrected chi connectivity index (χ2v) is 4.77. The maximum Gasteiger partial charge on any atom is 0.282 e. The van der Waals surface area contributed by atoms with Crippen molar-refractivity contribution in [2.75, 3.05) is 0 Å². The Morgan fingerprint density at radius 3 is 2.64 bits per heavy atom. The molecule has 4 aromatic rings. The summed E-state index contributed by atoms with van der Waals surface area (Å²) in [5.41, 5.74) is 0.299. The van der Waals surface area contributed by atoms with Crippen LogP contribution in [0.2, 0.25) is 0 Å². The average molecular weight is 298 g/mol. The zero-order valence-corrected chi connectivity index (χ0v) is 11.0. The van der Waals surface area contributed by atoms with Gasteiger partial charge in [0.1, 0.15) is 0 Å². The van der Waals surface area contributed by atoms with Gasteiger partial charge in [-0.05, 0) is 18.2 Å². The van der Waals surface area contributed by atoms with Crippen LogP contribution in [-0.4, -0.2) is 19.7 Å². The Bertz CT molecular complexity index is 1070. The van der Waals surface area contributed by atoms with E-state index in [2.05, 4.69) is 15.1 Å². The van der Waals surface area contributed by atoms with Crippen LogP contribution < -0.4 is 5.56 Å². The van der Waals surface area contributed by atoms with Gasteiger partial charge in [-0.3, -0.25) is 14.9 Å². The zero-order chi connectivity index (χ0) is 15.3. The van der Waals surface area contributed by atoms with Gasteiger partial charge in [0.25, 0.3) is 5.56 Å². The van der Waals surface area contributed by atoms with Crippen LogP contribution in [0.4, 0.5) is 8.78 Å². The Labute approximate surface area is 121 Å². The molecule has 0 saturated carbocycles. The molecular formula is C15H8F2N4O. The van der Waals surface area contributed by atoms with Crippen molar-refractivity contribution in [2.45, 2.75) is 0 Å². The van der Waals surface area contributed by atoms with Crippen LogP contribution in [0.15, 0.2) is 47.5 Å². The Kier molecular flexibility index (Phi) is 2.56. The molecule has 7 heteroatoms. The molecule has 0 saturated heterocycles. The summed E-state index contributed by atoms with van der Waals surface area (Å²) in [5.74, 6) is -1.57. The van der Waals surface area contributed by atoms with E-state index in [-0.39, 0.29) is 16.5 Å². The molecule has 0 spiro atoms. The van der Waals surface area contributed by atoms with Crippen LogP contribution in [0.25, 0.3) is 27.6 Å². The molecule has 0 aliphatic carbocycles. The molecule has 108 valence electrons. The number of halogens is 2. The number of hydrogen-bond donors (Lipinski definition) is 1. The third-order valence-corrected chi connectivity index (χ3v) is 3.45. The van der Waals surface area contributed by atoms with Gasteiger partial charge in [0, 0.05) is 23.8 Å². The molecule has 0 fully saturated rings. The van der Waals surface area contributed by atoms with Crippen LogP contribution in [0.3, 0.4) is 0 Å². The summed E-state index contributed by atoms with van der Waals surface area (Å²) in [5, 5.41) is 3.50. The predicted octanol–water partition coefficient (Wildman–Crippen LogP) is 2.54. The van der Waals surface area contributed by atoms with Crippen LogP contribution in [0.1, 0.15) is 0 Å². The fourth-order valence-electron chi connectivity index (χ4n) is 2.40. The summed E-state index contributed by atoms with van der Waals surface area (Å²) in [6, 6.07) is 7.16. The molecule has 22 heavy (non-hydrogen) atoms. The van der Waals surface area contributed by atoms with Crippen molar-refractivity contribution in [3.8, 4) is 5.82 Å². The van der Waals surface area contributed by atoms with Gasteiger partial charge in [-0.15, -0.1) is 0 Å². The maximum atomic E-state index is 13.5. The lowest BCUT2D eigenvalue weighted by Crippen LogP contribution is -2.15. The summed E-state index contributed by atoms with van der Waals surface area (Å²) in [6.45, 7) is 0. The number of benzene rings is 1. The fraction of sp³-hybridized carbons (Fsp3) is 0.